The maximum Gasteiger partial charge on any atom is 0.238 e. The van der Waals surface area contributed by atoms with Crippen LogP contribution >= 0.6 is 12.4 Å². The van der Waals surface area contributed by atoms with Gasteiger partial charge in [0.1, 0.15) is 11.4 Å². The molecule has 1 aromatic rings. The Hall–Kier alpha value is -1.28. The second kappa shape index (κ2) is 8.01. The molecule has 126 valence electrons. The number of benzene rings is 1. The maximum absolute atomic E-state index is 12.3. The zero-order valence-electron chi connectivity index (χ0n) is 13.1. The summed E-state index contributed by atoms with van der Waals surface area (Å²) in [5.41, 5.74) is 8.30. The molecule has 1 fully saturated rings. The van der Waals surface area contributed by atoms with Crippen molar-refractivity contribution >= 4 is 46.7 Å². The van der Waals surface area contributed by atoms with E-state index in [0.717, 1.165) is 54.3 Å². The Labute approximate surface area is 146 Å². The third-order valence-corrected chi connectivity index (χ3v) is 4.76. The van der Waals surface area contributed by atoms with Gasteiger partial charge in [-0.05, 0) is 44.4 Å². The number of carbonyl (C=O) groups excluding carboxylic acids is 1. The number of fused-ring (bicyclic) bond motifs is 1. The average Bonchev–Trinajstić information content (AvgIpc) is 2.97. The van der Waals surface area contributed by atoms with Crippen LogP contribution in [0.2, 0.25) is 0 Å². The molecule has 0 aromatic heterocycles. The lowest BCUT2D eigenvalue weighted by molar-refractivity contribution is -0.117. The van der Waals surface area contributed by atoms with Gasteiger partial charge in [-0.3, -0.25) is 9.69 Å². The van der Waals surface area contributed by atoms with Crippen molar-refractivity contribution in [2.75, 3.05) is 25.0 Å². The van der Waals surface area contributed by atoms with E-state index in [4.69, 9.17) is 5.73 Å². The summed E-state index contributed by atoms with van der Waals surface area (Å²) in [5, 5.41) is 2.95. The first-order valence-electron chi connectivity index (χ1n) is 7.62. The fraction of sp³-hybridized carbons (Fsp3) is 0.533. The minimum atomic E-state index is -0.00850. The van der Waals surface area contributed by atoms with Gasteiger partial charge in [0, 0.05) is 12.6 Å². The van der Waals surface area contributed by atoms with Crippen LogP contribution in [0.5, 0.6) is 0 Å². The summed E-state index contributed by atoms with van der Waals surface area (Å²) in [4.78, 5) is 14.5. The van der Waals surface area contributed by atoms with Gasteiger partial charge in [0.05, 0.1) is 23.6 Å². The Morgan fingerprint density at radius 2 is 2.35 bits per heavy atom. The summed E-state index contributed by atoms with van der Waals surface area (Å²) in [6.45, 7) is 4.30. The van der Waals surface area contributed by atoms with Crippen LogP contribution < -0.4 is 11.1 Å². The summed E-state index contributed by atoms with van der Waals surface area (Å²) in [6.07, 6.45) is 2.25. The molecular weight excluding hydrogens is 334 g/mol. The van der Waals surface area contributed by atoms with E-state index < -0.39 is 0 Å². The van der Waals surface area contributed by atoms with Gasteiger partial charge in [0.15, 0.2) is 0 Å². The summed E-state index contributed by atoms with van der Waals surface area (Å²) in [7, 11) is 0. The maximum atomic E-state index is 12.3. The van der Waals surface area contributed by atoms with Gasteiger partial charge in [-0.15, -0.1) is 12.4 Å². The van der Waals surface area contributed by atoms with Crippen LogP contribution in [0.4, 0.5) is 17.1 Å². The number of anilines is 1. The number of hydrogen-bond acceptors (Lipinski definition) is 5. The van der Waals surface area contributed by atoms with Crippen LogP contribution in [0, 0.1) is 5.92 Å². The van der Waals surface area contributed by atoms with Crippen molar-refractivity contribution in [1.29, 1.82) is 0 Å². The molecule has 2 heterocycles. The number of rotatable bonds is 4. The molecule has 2 aliphatic heterocycles. The molecule has 8 heteroatoms. The summed E-state index contributed by atoms with van der Waals surface area (Å²) < 4.78 is 8.43. The normalized spacial score (nSPS) is 21.0. The molecule has 1 saturated heterocycles. The van der Waals surface area contributed by atoms with Crippen molar-refractivity contribution in [3.05, 3.63) is 18.2 Å². The number of amides is 1. The highest BCUT2D eigenvalue weighted by molar-refractivity contribution is 7.58. The number of nitrogens with two attached hydrogens (primary N) is 1. The first kappa shape index (κ1) is 18.1. The molecule has 0 bridgehead atoms. The predicted molar refractivity (Wildman–Crippen MR) is 96.7 cm³/mol. The summed E-state index contributed by atoms with van der Waals surface area (Å²) in [5.74, 6) is 0.471. The van der Waals surface area contributed by atoms with Crippen LogP contribution in [0.25, 0.3) is 0 Å². The smallest absolute Gasteiger partial charge is 0.238 e. The second-order valence-electron chi connectivity index (χ2n) is 5.98. The van der Waals surface area contributed by atoms with Crippen LogP contribution in [0.3, 0.4) is 0 Å². The van der Waals surface area contributed by atoms with Crippen LogP contribution in [-0.4, -0.2) is 36.5 Å². The van der Waals surface area contributed by atoms with Crippen LogP contribution in [0.1, 0.15) is 19.8 Å². The van der Waals surface area contributed by atoms with E-state index in [-0.39, 0.29) is 24.4 Å². The highest BCUT2D eigenvalue weighted by atomic mass is 35.5. The quantitative estimate of drug-likeness (QED) is 0.884. The molecule has 2 aliphatic rings. The highest BCUT2D eigenvalue weighted by Gasteiger charge is 2.24. The van der Waals surface area contributed by atoms with Gasteiger partial charge in [-0.1, -0.05) is 6.07 Å². The van der Waals surface area contributed by atoms with Crippen molar-refractivity contribution in [3.63, 3.8) is 0 Å². The first-order chi connectivity index (χ1) is 10.6. The minimum Gasteiger partial charge on any atom is -0.328 e. The number of likely N-dealkylation sites (tertiary alicyclic amines) is 1. The largest absolute Gasteiger partial charge is 0.328 e. The Kier molecular flexibility index (Phi) is 6.29. The molecule has 0 radical (unpaired) electrons. The van der Waals surface area contributed by atoms with Crippen molar-refractivity contribution < 1.29 is 4.79 Å². The SMILES string of the molecule is CC(N)C1CCCN(CC(=O)Nc2cccc3c2N=S=N3)C1.Cl. The van der Waals surface area contributed by atoms with Crippen LogP contribution in [-0.2, 0) is 16.1 Å². The molecule has 6 nitrogen and oxygen atoms in total. The molecule has 3 rings (SSSR count). The molecule has 0 saturated carbocycles. The number of piperidine rings is 1. The van der Waals surface area contributed by atoms with Crippen molar-refractivity contribution in [3.8, 4) is 0 Å². The lowest BCUT2D eigenvalue weighted by Gasteiger charge is -2.34. The van der Waals surface area contributed by atoms with E-state index in [0.29, 0.717) is 12.5 Å². The molecule has 1 amide bonds. The fourth-order valence-corrected chi connectivity index (χ4v) is 3.51. The topological polar surface area (TPSA) is 83.1 Å². The monoisotopic (exact) mass is 355 g/mol. The van der Waals surface area contributed by atoms with Gasteiger partial charge in [-0.25, -0.2) is 0 Å². The van der Waals surface area contributed by atoms with Gasteiger partial charge < -0.3 is 11.1 Å². The van der Waals surface area contributed by atoms with Gasteiger partial charge >= 0.3 is 0 Å². The Balaban J connectivity index is 0.00000192. The predicted octanol–water partition coefficient (Wildman–Crippen LogP) is 2.83. The molecule has 0 aliphatic carbocycles. The van der Waals surface area contributed by atoms with Crippen molar-refractivity contribution in [2.45, 2.75) is 25.8 Å². The number of hydrogen-bond donors (Lipinski definition) is 2. The summed E-state index contributed by atoms with van der Waals surface area (Å²) in [6, 6.07) is 5.82. The Morgan fingerprint density at radius 3 is 3.13 bits per heavy atom. The van der Waals surface area contributed by atoms with E-state index in [1.807, 2.05) is 25.1 Å². The fourth-order valence-electron chi connectivity index (χ4n) is 2.96. The zero-order valence-corrected chi connectivity index (χ0v) is 14.7. The standard InChI is InChI=1S/C15H21N5OS.ClH/c1-10(16)11-4-3-7-20(8-11)9-14(21)17-12-5-2-6-13-15(12)19-22-18-13;/h2,5-6,10-11H,3-4,7-9,16H2,1H3,(H,17,21);1H. The second-order valence-corrected chi connectivity index (χ2v) is 6.51. The molecule has 1 aromatic carbocycles. The van der Waals surface area contributed by atoms with Gasteiger partial charge in [0.25, 0.3) is 0 Å². The lowest BCUT2D eigenvalue weighted by atomic mass is 9.92. The number of halogens is 1. The molecule has 0 spiro atoms. The Morgan fingerprint density at radius 1 is 1.52 bits per heavy atom. The van der Waals surface area contributed by atoms with E-state index in [1.165, 1.54) is 0 Å². The van der Waals surface area contributed by atoms with Gasteiger partial charge in [0.2, 0.25) is 5.91 Å². The van der Waals surface area contributed by atoms with Crippen LogP contribution in [0.15, 0.2) is 26.9 Å². The number of nitrogens with one attached hydrogen (secondary N) is 1. The zero-order chi connectivity index (χ0) is 15.5. The van der Waals surface area contributed by atoms with E-state index in [2.05, 4.69) is 18.9 Å². The van der Waals surface area contributed by atoms with E-state index in [9.17, 15) is 4.79 Å². The summed E-state index contributed by atoms with van der Waals surface area (Å²) >= 11 is 1.16. The molecule has 2 unspecified atom stereocenters. The van der Waals surface area contributed by atoms with E-state index in [1.54, 1.807) is 0 Å². The first-order valence-corrected chi connectivity index (χ1v) is 8.35. The molecule has 23 heavy (non-hydrogen) atoms. The molecular formula is C15H22ClN5OS. The van der Waals surface area contributed by atoms with Crippen molar-refractivity contribution in [2.24, 2.45) is 20.4 Å². The molecule has 3 N–H and O–H groups in total. The number of carbonyl (C=O) groups is 1. The number of nitrogens with zero attached hydrogens (tertiary/aromatic N) is 3. The highest BCUT2D eigenvalue weighted by Crippen LogP contribution is 2.38. The molecule has 2 atom stereocenters. The van der Waals surface area contributed by atoms with E-state index >= 15 is 0 Å². The third-order valence-electron chi connectivity index (χ3n) is 4.21. The Bertz CT molecular complexity index is 645. The van der Waals surface area contributed by atoms with Crippen molar-refractivity contribution in [1.82, 2.24) is 4.90 Å². The lowest BCUT2D eigenvalue weighted by Crippen LogP contribution is -2.45. The third kappa shape index (κ3) is 4.38. The van der Waals surface area contributed by atoms with Gasteiger partial charge in [-0.2, -0.15) is 8.73 Å². The minimum absolute atomic E-state index is 0. The average molecular weight is 356 g/mol.